The lowest BCUT2D eigenvalue weighted by atomic mass is 10.2. The Hall–Kier alpha value is -1.91. The fraction of sp³-hybridized carbons (Fsp3) is 0.500. The number of hydrogen-bond donors (Lipinski definition) is 0. The van der Waals surface area contributed by atoms with Crippen LogP contribution >= 0.6 is 0 Å². The molecule has 0 bridgehead atoms. The molecule has 1 fully saturated rings. The molecule has 5 heteroatoms. The molecule has 0 amide bonds. The highest BCUT2D eigenvalue weighted by Crippen LogP contribution is 2.30. The molecule has 1 aliphatic carbocycles. The Labute approximate surface area is 111 Å². The lowest BCUT2D eigenvalue weighted by Crippen LogP contribution is -2.07. The van der Waals surface area contributed by atoms with Gasteiger partial charge >= 0.3 is 5.97 Å². The molecule has 100 valence electrons. The molecule has 0 saturated heterocycles. The van der Waals surface area contributed by atoms with Crippen molar-refractivity contribution in [1.82, 2.24) is 14.8 Å². The predicted molar refractivity (Wildman–Crippen MR) is 70.4 cm³/mol. The zero-order valence-corrected chi connectivity index (χ0v) is 11.2. The highest BCUT2D eigenvalue weighted by Gasteiger charge is 2.31. The molecule has 1 aliphatic rings. The molecule has 0 aliphatic heterocycles. The summed E-state index contributed by atoms with van der Waals surface area (Å²) in [5.41, 5.74) is 1.78. The fourth-order valence-electron chi connectivity index (χ4n) is 2.03. The van der Waals surface area contributed by atoms with Crippen molar-refractivity contribution in [2.75, 3.05) is 0 Å². The normalized spacial score (nSPS) is 15.1. The van der Waals surface area contributed by atoms with Crippen molar-refractivity contribution < 1.29 is 9.53 Å². The molecule has 5 nitrogen and oxygen atoms in total. The van der Waals surface area contributed by atoms with Crippen molar-refractivity contribution in [1.29, 1.82) is 0 Å². The monoisotopic (exact) mass is 259 g/mol. The topological polar surface area (TPSA) is 57.0 Å². The van der Waals surface area contributed by atoms with Crippen molar-refractivity contribution in [3.63, 3.8) is 0 Å². The van der Waals surface area contributed by atoms with E-state index < -0.39 is 0 Å². The average molecular weight is 259 g/mol. The highest BCUT2D eigenvalue weighted by molar-refractivity contribution is 5.76. The molecule has 0 radical (unpaired) electrons. The van der Waals surface area contributed by atoms with Crippen molar-refractivity contribution in [3.8, 4) is 0 Å². The summed E-state index contributed by atoms with van der Waals surface area (Å²) in [6.07, 6.45) is 5.49. The molecule has 19 heavy (non-hydrogen) atoms. The minimum atomic E-state index is -0.0852. The first-order valence-corrected chi connectivity index (χ1v) is 6.64. The SMILES string of the molecule is CC(C)n1ncc2cc(COC(=O)C3CC3)cnc21. The number of pyridine rings is 1. The van der Waals surface area contributed by atoms with Gasteiger partial charge in [0.05, 0.1) is 12.1 Å². The number of aromatic nitrogens is 3. The molecule has 2 aromatic heterocycles. The maximum Gasteiger partial charge on any atom is 0.309 e. The number of carbonyl (C=O) groups excluding carboxylic acids is 1. The van der Waals surface area contributed by atoms with Crippen LogP contribution in [0.3, 0.4) is 0 Å². The molecule has 0 N–H and O–H groups in total. The Kier molecular flexibility index (Phi) is 2.97. The van der Waals surface area contributed by atoms with E-state index in [9.17, 15) is 4.79 Å². The number of rotatable bonds is 4. The van der Waals surface area contributed by atoms with Gasteiger partial charge in [0.15, 0.2) is 5.65 Å². The van der Waals surface area contributed by atoms with Gasteiger partial charge in [0.1, 0.15) is 6.61 Å². The number of hydrogen-bond acceptors (Lipinski definition) is 4. The molecule has 1 saturated carbocycles. The first kappa shape index (κ1) is 12.1. The lowest BCUT2D eigenvalue weighted by Gasteiger charge is -2.07. The molecule has 0 unspecified atom stereocenters. The summed E-state index contributed by atoms with van der Waals surface area (Å²) >= 11 is 0. The number of ether oxygens (including phenoxy) is 1. The van der Waals surface area contributed by atoms with Crippen molar-refractivity contribution in [2.45, 2.75) is 39.3 Å². The molecule has 2 heterocycles. The van der Waals surface area contributed by atoms with Gasteiger partial charge in [0.25, 0.3) is 0 Å². The summed E-state index contributed by atoms with van der Waals surface area (Å²) < 4.78 is 7.13. The van der Waals surface area contributed by atoms with E-state index in [0.717, 1.165) is 29.4 Å². The maximum absolute atomic E-state index is 11.5. The first-order valence-electron chi connectivity index (χ1n) is 6.64. The molecule has 3 rings (SSSR count). The van der Waals surface area contributed by atoms with E-state index in [0.29, 0.717) is 6.61 Å². The number of esters is 1. The van der Waals surface area contributed by atoms with Crippen molar-refractivity contribution in [3.05, 3.63) is 24.0 Å². The first-order chi connectivity index (χ1) is 9.15. The van der Waals surface area contributed by atoms with E-state index in [-0.39, 0.29) is 17.9 Å². The summed E-state index contributed by atoms with van der Waals surface area (Å²) in [6.45, 7) is 4.43. The third kappa shape index (κ3) is 2.45. The van der Waals surface area contributed by atoms with Gasteiger partial charge in [-0.1, -0.05) is 0 Å². The van der Waals surface area contributed by atoms with Crippen LogP contribution in [0.2, 0.25) is 0 Å². The van der Waals surface area contributed by atoms with Gasteiger partial charge in [0, 0.05) is 23.2 Å². The van der Waals surface area contributed by atoms with Crippen LogP contribution in [0.4, 0.5) is 0 Å². The van der Waals surface area contributed by atoms with Crippen LogP contribution in [0.5, 0.6) is 0 Å². The van der Waals surface area contributed by atoms with Crippen LogP contribution in [-0.2, 0) is 16.1 Å². The number of nitrogens with zero attached hydrogens (tertiary/aromatic N) is 3. The van der Waals surface area contributed by atoms with Crippen LogP contribution in [0.15, 0.2) is 18.5 Å². The summed E-state index contributed by atoms with van der Waals surface area (Å²) in [6, 6.07) is 2.26. The van der Waals surface area contributed by atoms with Crippen LogP contribution in [0, 0.1) is 5.92 Å². The third-order valence-corrected chi connectivity index (χ3v) is 3.27. The van der Waals surface area contributed by atoms with E-state index in [4.69, 9.17) is 4.74 Å². The lowest BCUT2D eigenvalue weighted by molar-refractivity contribution is -0.146. The van der Waals surface area contributed by atoms with E-state index in [2.05, 4.69) is 23.9 Å². The molecule has 0 spiro atoms. The zero-order chi connectivity index (χ0) is 13.4. The van der Waals surface area contributed by atoms with E-state index >= 15 is 0 Å². The van der Waals surface area contributed by atoms with Gasteiger partial charge in [-0.25, -0.2) is 9.67 Å². The molecular formula is C14H17N3O2. The second kappa shape index (κ2) is 4.64. The Morgan fingerprint density at radius 2 is 2.26 bits per heavy atom. The van der Waals surface area contributed by atoms with E-state index in [1.165, 1.54) is 0 Å². The van der Waals surface area contributed by atoms with Crippen LogP contribution in [-0.4, -0.2) is 20.7 Å². The predicted octanol–water partition coefficient (Wildman–Crippen LogP) is 2.47. The quantitative estimate of drug-likeness (QED) is 0.791. The Balaban J connectivity index is 1.76. The van der Waals surface area contributed by atoms with E-state index in [1.54, 1.807) is 12.4 Å². The van der Waals surface area contributed by atoms with Crippen molar-refractivity contribution in [2.24, 2.45) is 5.92 Å². The van der Waals surface area contributed by atoms with Gasteiger partial charge in [-0.05, 0) is 32.8 Å². The Morgan fingerprint density at radius 3 is 2.95 bits per heavy atom. The third-order valence-electron chi connectivity index (χ3n) is 3.27. The van der Waals surface area contributed by atoms with Crippen LogP contribution in [0.25, 0.3) is 11.0 Å². The average Bonchev–Trinajstić information content (AvgIpc) is 3.15. The molecular weight excluding hydrogens is 242 g/mol. The highest BCUT2D eigenvalue weighted by atomic mass is 16.5. The number of fused-ring (bicyclic) bond motifs is 1. The smallest absolute Gasteiger partial charge is 0.309 e. The standard InChI is InChI=1S/C14H17N3O2/c1-9(2)17-13-12(7-16-17)5-10(6-15-13)8-19-14(18)11-3-4-11/h5-7,9,11H,3-4,8H2,1-2H3. The van der Waals surface area contributed by atoms with Crippen LogP contribution < -0.4 is 0 Å². The van der Waals surface area contributed by atoms with Crippen molar-refractivity contribution >= 4 is 17.0 Å². The van der Waals surface area contributed by atoms with Crippen LogP contribution in [0.1, 0.15) is 38.3 Å². The van der Waals surface area contributed by atoms with Gasteiger partial charge < -0.3 is 4.74 Å². The van der Waals surface area contributed by atoms with E-state index in [1.807, 2.05) is 10.7 Å². The summed E-state index contributed by atoms with van der Waals surface area (Å²) in [7, 11) is 0. The second-order valence-corrected chi connectivity index (χ2v) is 5.32. The number of carbonyl (C=O) groups is 1. The Morgan fingerprint density at radius 1 is 1.47 bits per heavy atom. The summed E-state index contributed by atoms with van der Waals surface area (Å²) in [4.78, 5) is 15.9. The maximum atomic E-state index is 11.5. The Bertz CT molecular complexity index is 614. The molecule has 0 aromatic carbocycles. The van der Waals surface area contributed by atoms with Gasteiger partial charge in [-0.2, -0.15) is 5.10 Å². The zero-order valence-electron chi connectivity index (χ0n) is 11.2. The van der Waals surface area contributed by atoms with Gasteiger partial charge in [-0.15, -0.1) is 0 Å². The minimum absolute atomic E-state index is 0.0852. The minimum Gasteiger partial charge on any atom is -0.461 e. The van der Waals surface area contributed by atoms with Gasteiger partial charge in [-0.3, -0.25) is 4.79 Å². The molecule has 2 aromatic rings. The molecule has 0 atom stereocenters. The van der Waals surface area contributed by atoms with Gasteiger partial charge in [0.2, 0.25) is 0 Å². The largest absolute Gasteiger partial charge is 0.461 e. The second-order valence-electron chi connectivity index (χ2n) is 5.32. The fourth-order valence-corrected chi connectivity index (χ4v) is 2.03. The summed E-state index contributed by atoms with van der Waals surface area (Å²) in [5, 5.41) is 5.30. The summed E-state index contributed by atoms with van der Waals surface area (Å²) in [5.74, 6) is 0.0540.